The van der Waals surface area contributed by atoms with Crippen molar-refractivity contribution in [2.24, 2.45) is 5.41 Å². The monoisotopic (exact) mass is 444 g/mol. The molecule has 0 N–H and O–H groups in total. The summed E-state index contributed by atoms with van der Waals surface area (Å²) >= 11 is 0. The topological polar surface area (TPSA) is 69.4 Å². The summed E-state index contributed by atoms with van der Waals surface area (Å²) < 4.78 is 30.6. The highest BCUT2D eigenvalue weighted by molar-refractivity contribution is 5.64. The fraction of sp³-hybridized carbons (Fsp3) is 0.320. The Balaban J connectivity index is 1.53. The third-order valence-electron chi connectivity index (χ3n) is 7.61. The maximum absolute atomic E-state index is 14.4. The molecular weight excluding hydrogens is 422 g/mol. The Morgan fingerprint density at radius 1 is 1.03 bits per heavy atom. The summed E-state index contributed by atoms with van der Waals surface area (Å²) in [5.74, 6) is 0.271. The van der Waals surface area contributed by atoms with Gasteiger partial charge in [0.1, 0.15) is 23.8 Å². The summed E-state index contributed by atoms with van der Waals surface area (Å²) in [5, 5.41) is 13.3. The third-order valence-corrected chi connectivity index (χ3v) is 7.61. The number of aryl methyl sites for hydroxylation is 1. The molecule has 0 unspecified atom stereocenters. The van der Waals surface area contributed by atoms with E-state index in [0.717, 1.165) is 29.8 Å². The molecule has 0 saturated heterocycles. The van der Waals surface area contributed by atoms with Crippen LogP contribution in [0.15, 0.2) is 48.8 Å². The van der Waals surface area contributed by atoms with Crippen LogP contribution in [0.2, 0.25) is 0 Å². The zero-order valence-electron chi connectivity index (χ0n) is 18.5. The first-order chi connectivity index (χ1) is 15.8. The quantitative estimate of drug-likeness (QED) is 0.449. The number of rotatable bonds is 3. The number of benzene rings is 1. The molecule has 3 heterocycles. The van der Waals surface area contributed by atoms with Gasteiger partial charge in [-0.2, -0.15) is 10.2 Å². The van der Waals surface area contributed by atoms with Crippen LogP contribution in [-0.2, 0) is 5.41 Å². The Morgan fingerprint density at radius 2 is 1.79 bits per heavy atom. The molecule has 6 rings (SSSR count). The minimum absolute atomic E-state index is 0.135. The number of hydrogen-bond acceptors (Lipinski definition) is 5. The van der Waals surface area contributed by atoms with Crippen molar-refractivity contribution in [1.29, 1.82) is 0 Å². The van der Waals surface area contributed by atoms with Crippen molar-refractivity contribution in [2.45, 2.75) is 44.9 Å². The van der Waals surface area contributed by atoms with Gasteiger partial charge in [-0.1, -0.05) is 26.0 Å². The van der Waals surface area contributed by atoms with Crippen molar-refractivity contribution in [3.8, 4) is 17.1 Å². The molecular formula is C25H22F2N6. The molecule has 1 fully saturated rings. The van der Waals surface area contributed by atoms with Gasteiger partial charge in [-0.05, 0) is 67.0 Å². The molecule has 2 bridgehead atoms. The van der Waals surface area contributed by atoms with Crippen LogP contribution in [0.1, 0.15) is 55.4 Å². The lowest BCUT2D eigenvalue weighted by Gasteiger charge is -2.37. The molecule has 2 aliphatic rings. The Bertz CT molecular complexity index is 1390. The van der Waals surface area contributed by atoms with Crippen LogP contribution in [0.3, 0.4) is 0 Å². The van der Waals surface area contributed by atoms with Crippen LogP contribution in [0.5, 0.6) is 0 Å². The van der Waals surface area contributed by atoms with E-state index in [-0.39, 0.29) is 22.6 Å². The highest BCUT2D eigenvalue weighted by Crippen LogP contribution is 2.69. The maximum atomic E-state index is 14.4. The zero-order valence-corrected chi connectivity index (χ0v) is 18.5. The van der Waals surface area contributed by atoms with Gasteiger partial charge in [-0.25, -0.2) is 23.4 Å². The van der Waals surface area contributed by atoms with E-state index in [0.29, 0.717) is 11.6 Å². The van der Waals surface area contributed by atoms with Gasteiger partial charge in [-0.15, -0.1) is 5.10 Å². The second kappa shape index (κ2) is 6.73. The van der Waals surface area contributed by atoms with E-state index in [2.05, 4.69) is 34.1 Å². The SMILES string of the molecule is Cc1ncn(-c2cccc([C@@]34CC[C@@H](c5cc(-c6c(F)cccc6F)nnc53)C4(C)C)n2)n1. The van der Waals surface area contributed by atoms with E-state index >= 15 is 0 Å². The summed E-state index contributed by atoms with van der Waals surface area (Å²) in [6, 6.07) is 11.6. The first-order valence-electron chi connectivity index (χ1n) is 11.0. The van der Waals surface area contributed by atoms with E-state index < -0.39 is 17.0 Å². The highest BCUT2D eigenvalue weighted by Gasteiger charge is 2.65. The van der Waals surface area contributed by atoms with Crippen LogP contribution in [-0.4, -0.2) is 29.9 Å². The van der Waals surface area contributed by atoms with Crippen LogP contribution in [0.4, 0.5) is 8.78 Å². The van der Waals surface area contributed by atoms with E-state index in [1.807, 2.05) is 31.2 Å². The predicted octanol–water partition coefficient (Wildman–Crippen LogP) is 4.91. The van der Waals surface area contributed by atoms with Crippen molar-refractivity contribution in [3.63, 3.8) is 0 Å². The van der Waals surface area contributed by atoms with Gasteiger partial charge >= 0.3 is 0 Å². The average Bonchev–Trinajstić information content (AvgIpc) is 3.40. The van der Waals surface area contributed by atoms with Crippen molar-refractivity contribution in [3.05, 3.63) is 83.2 Å². The van der Waals surface area contributed by atoms with Crippen molar-refractivity contribution < 1.29 is 8.78 Å². The molecule has 6 nitrogen and oxygen atoms in total. The first-order valence-corrected chi connectivity index (χ1v) is 11.0. The average molecular weight is 444 g/mol. The van der Waals surface area contributed by atoms with Crippen molar-refractivity contribution >= 4 is 0 Å². The molecule has 2 atom stereocenters. The Morgan fingerprint density at radius 3 is 2.52 bits per heavy atom. The molecule has 166 valence electrons. The van der Waals surface area contributed by atoms with Gasteiger partial charge in [0.15, 0.2) is 5.82 Å². The largest absolute Gasteiger partial charge is 0.233 e. The fourth-order valence-corrected chi connectivity index (χ4v) is 6.00. The van der Waals surface area contributed by atoms with Crippen LogP contribution >= 0.6 is 0 Å². The second-order valence-corrected chi connectivity index (χ2v) is 9.47. The van der Waals surface area contributed by atoms with Crippen LogP contribution in [0.25, 0.3) is 17.1 Å². The number of pyridine rings is 1. The lowest BCUT2D eigenvalue weighted by atomic mass is 9.66. The van der Waals surface area contributed by atoms with Gasteiger partial charge in [-0.3, -0.25) is 0 Å². The summed E-state index contributed by atoms with van der Waals surface area (Å²) in [6.07, 6.45) is 3.48. The van der Waals surface area contributed by atoms with Gasteiger partial charge < -0.3 is 0 Å². The summed E-state index contributed by atoms with van der Waals surface area (Å²) in [6.45, 7) is 6.29. The lowest BCUT2D eigenvalue weighted by molar-refractivity contribution is 0.242. The minimum Gasteiger partial charge on any atom is -0.233 e. The normalized spacial score (nSPS) is 22.5. The number of aromatic nitrogens is 6. The summed E-state index contributed by atoms with van der Waals surface area (Å²) in [7, 11) is 0. The predicted molar refractivity (Wildman–Crippen MR) is 118 cm³/mol. The smallest absolute Gasteiger partial charge is 0.155 e. The number of nitrogens with zero attached hydrogens (tertiary/aromatic N) is 6. The van der Waals surface area contributed by atoms with Gasteiger partial charge in [0.25, 0.3) is 0 Å². The van der Waals surface area contributed by atoms with E-state index in [4.69, 9.17) is 4.98 Å². The third kappa shape index (κ3) is 2.60. The molecule has 4 aromatic rings. The Kier molecular flexibility index (Phi) is 4.09. The summed E-state index contributed by atoms with van der Waals surface area (Å²) in [4.78, 5) is 9.20. The molecule has 33 heavy (non-hydrogen) atoms. The summed E-state index contributed by atoms with van der Waals surface area (Å²) in [5.41, 5.74) is 2.20. The highest BCUT2D eigenvalue weighted by atomic mass is 19.1. The Hall–Kier alpha value is -3.55. The molecule has 2 aliphatic carbocycles. The molecule has 0 aliphatic heterocycles. The van der Waals surface area contributed by atoms with E-state index in [9.17, 15) is 8.78 Å². The van der Waals surface area contributed by atoms with Crippen LogP contribution < -0.4 is 0 Å². The first kappa shape index (κ1) is 20.1. The molecule has 1 aromatic carbocycles. The van der Waals surface area contributed by atoms with Gasteiger partial charge in [0.2, 0.25) is 0 Å². The molecule has 0 spiro atoms. The van der Waals surface area contributed by atoms with Gasteiger partial charge in [0.05, 0.1) is 28.1 Å². The standard InChI is InChI=1S/C25H22F2N6/c1-14-28-13-33(32-14)21-9-5-8-20(29-21)25-11-10-16(24(25,2)3)15-12-19(30-31-23(15)25)22-17(26)6-4-7-18(22)27/h4-9,12-13,16H,10-11H2,1-3H3/t16-,25-/m0/s1. The van der Waals surface area contributed by atoms with E-state index in [1.54, 1.807) is 11.0 Å². The molecule has 0 amide bonds. The zero-order chi connectivity index (χ0) is 23.0. The number of halogens is 2. The molecule has 3 aromatic heterocycles. The van der Waals surface area contributed by atoms with Gasteiger partial charge in [0, 0.05) is 0 Å². The van der Waals surface area contributed by atoms with E-state index in [1.165, 1.54) is 18.2 Å². The Labute approximate surface area is 189 Å². The molecule has 8 heteroatoms. The van der Waals surface area contributed by atoms with Crippen molar-refractivity contribution in [2.75, 3.05) is 0 Å². The lowest BCUT2D eigenvalue weighted by Crippen LogP contribution is -2.38. The maximum Gasteiger partial charge on any atom is 0.155 e. The van der Waals surface area contributed by atoms with Crippen molar-refractivity contribution in [1.82, 2.24) is 29.9 Å². The minimum atomic E-state index is -0.640. The van der Waals surface area contributed by atoms with Crippen LogP contribution in [0, 0.1) is 24.0 Å². The fourth-order valence-electron chi connectivity index (χ4n) is 6.00. The number of hydrogen-bond donors (Lipinski definition) is 0. The molecule has 0 radical (unpaired) electrons. The number of fused-ring (bicyclic) bond motifs is 5. The second-order valence-electron chi connectivity index (χ2n) is 9.47. The molecule has 1 saturated carbocycles.